The molecule has 3 rings (SSSR count). The maximum absolute atomic E-state index is 12.2. The van der Waals surface area contributed by atoms with Crippen molar-refractivity contribution in [3.63, 3.8) is 0 Å². The van der Waals surface area contributed by atoms with E-state index in [4.69, 9.17) is 4.55 Å². The number of phenolic OH excluding ortho intramolecular Hbond substituents is 2. The first-order chi connectivity index (χ1) is 11.2. The van der Waals surface area contributed by atoms with Crippen LogP contribution in [0.3, 0.4) is 0 Å². The minimum Gasteiger partial charge on any atom is -1.00 e. The van der Waals surface area contributed by atoms with Gasteiger partial charge in [-0.15, -0.1) is 0 Å². The van der Waals surface area contributed by atoms with Crippen molar-refractivity contribution >= 4 is 22.2 Å². The molecule has 25 heavy (non-hydrogen) atoms. The van der Waals surface area contributed by atoms with E-state index < -0.39 is 34.3 Å². The normalized spacial score (nSPS) is 22.0. The molecular formula is C13H16N3NaO7S. The average molecular weight is 381 g/mol. The van der Waals surface area contributed by atoms with Crippen molar-refractivity contribution in [3.05, 3.63) is 23.8 Å². The molecule has 0 aromatic heterocycles. The second-order valence-corrected chi connectivity index (χ2v) is 6.88. The van der Waals surface area contributed by atoms with Crippen LogP contribution in [0.5, 0.6) is 11.5 Å². The Bertz CT molecular complexity index is 822. The van der Waals surface area contributed by atoms with E-state index in [2.05, 4.69) is 5.32 Å². The fourth-order valence-corrected chi connectivity index (χ4v) is 3.90. The number of carbonyl (C=O) groups is 2. The van der Waals surface area contributed by atoms with E-state index in [1.807, 2.05) is 0 Å². The topological polar surface area (TPSA) is 147 Å². The van der Waals surface area contributed by atoms with Gasteiger partial charge in [-0.1, -0.05) is 6.07 Å². The van der Waals surface area contributed by atoms with Gasteiger partial charge in [0.15, 0.2) is 11.5 Å². The number of nitrogens with one attached hydrogen (secondary N) is 1. The fraction of sp³-hybridized carbons (Fsp3) is 0.385. The molecule has 2 atom stereocenters. The van der Waals surface area contributed by atoms with Crippen LogP contribution in [0.2, 0.25) is 0 Å². The van der Waals surface area contributed by atoms with Crippen molar-refractivity contribution in [3.8, 4) is 11.5 Å². The van der Waals surface area contributed by atoms with Crippen molar-refractivity contribution in [1.82, 2.24) is 14.5 Å². The molecule has 0 spiro atoms. The molecule has 4 N–H and O–H groups in total. The number of urea groups is 1. The Morgan fingerprint density at radius 2 is 2.00 bits per heavy atom. The maximum atomic E-state index is 12.2. The van der Waals surface area contributed by atoms with Gasteiger partial charge in [-0.2, -0.15) is 8.42 Å². The van der Waals surface area contributed by atoms with Gasteiger partial charge in [-0.25, -0.2) is 9.10 Å². The molecule has 2 fully saturated rings. The first kappa shape index (κ1) is 19.8. The van der Waals surface area contributed by atoms with E-state index in [0.717, 1.165) is 0 Å². The number of likely N-dealkylation sites (tertiary alicyclic amines) is 1. The Hall–Kier alpha value is -1.53. The first-order valence-electron chi connectivity index (χ1n) is 7.06. The van der Waals surface area contributed by atoms with Crippen LogP contribution in [0.1, 0.15) is 13.4 Å². The van der Waals surface area contributed by atoms with E-state index in [0.29, 0.717) is 9.87 Å². The summed E-state index contributed by atoms with van der Waals surface area (Å²) in [6.07, 6.45) is 0.254. The van der Waals surface area contributed by atoms with Gasteiger partial charge in [0.25, 0.3) is 5.91 Å². The monoisotopic (exact) mass is 381 g/mol. The van der Waals surface area contributed by atoms with Crippen molar-refractivity contribution in [2.24, 2.45) is 0 Å². The van der Waals surface area contributed by atoms with Gasteiger partial charge in [0.05, 0.1) is 6.04 Å². The van der Waals surface area contributed by atoms with Crippen molar-refractivity contribution in [2.75, 3.05) is 6.54 Å². The second kappa shape index (κ2) is 7.00. The number of fused-ring (bicyclic) bond motifs is 1. The van der Waals surface area contributed by atoms with E-state index in [-0.39, 0.29) is 62.0 Å². The molecule has 2 saturated heterocycles. The molecule has 0 aliphatic carbocycles. The Kier molecular flexibility index (Phi) is 5.54. The van der Waals surface area contributed by atoms with E-state index >= 15 is 0 Å². The second-order valence-electron chi connectivity index (χ2n) is 5.59. The molecule has 1 aromatic carbocycles. The number of hydrogen-bond acceptors (Lipinski definition) is 6. The van der Waals surface area contributed by atoms with Gasteiger partial charge in [0, 0.05) is 13.1 Å². The Balaban J connectivity index is 0.00000169. The number of aromatic hydroxyl groups is 2. The van der Waals surface area contributed by atoms with E-state index in [1.165, 1.54) is 23.1 Å². The smallest absolute Gasteiger partial charge is 1.00 e. The number of phenols is 2. The Morgan fingerprint density at radius 1 is 1.32 bits per heavy atom. The quantitative estimate of drug-likeness (QED) is 0.184. The molecule has 0 unspecified atom stereocenters. The number of amides is 3. The predicted octanol–water partition coefficient (Wildman–Crippen LogP) is -3.49. The molecule has 2 aliphatic heterocycles. The summed E-state index contributed by atoms with van der Waals surface area (Å²) < 4.78 is 31.6. The summed E-state index contributed by atoms with van der Waals surface area (Å²) in [7, 11) is -4.61. The molecule has 0 radical (unpaired) electrons. The van der Waals surface area contributed by atoms with Crippen LogP contribution in [0.4, 0.5) is 4.79 Å². The summed E-state index contributed by atoms with van der Waals surface area (Å²) in [6, 6.07) is 1.88. The van der Waals surface area contributed by atoms with Crippen LogP contribution in [0.15, 0.2) is 18.2 Å². The maximum Gasteiger partial charge on any atom is 1.00 e. The minimum absolute atomic E-state index is 0. The van der Waals surface area contributed by atoms with Crippen LogP contribution in [-0.4, -0.2) is 63.0 Å². The largest absolute Gasteiger partial charge is 1.00 e. The standard InChI is InChI=1S/C13H15N3O7S.Na.H/c17-9-2-1-7(5-10(9)18)6-14-13(20)15-4-3-8-11(15)12(19)16(8)24(21,22)23;;/h1-2,5,8,11,17-18H,3-4,6H2,(H,14,20)(H,21,22,23);;/q;+1;-1/t8-,11+;;/m1../s1. The molecule has 2 heterocycles. The zero-order chi connectivity index (χ0) is 17.6. The Morgan fingerprint density at radius 3 is 2.60 bits per heavy atom. The van der Waals surface area contributed by atoms with Crippen LogP contribution >= 0.6 is 0 Å². The van der Waals surface area contributed by atoms with Gasteiger partial charge < -0.3 is 21.9 Å². The van der Waals surface area contributed by atoms with Crippen molar-refractivity contribution in [2.45, 2.75) is 25.0 Å². The summed E-state index contributed by atoms with van der Waals surface area (Å²) in [4.78, 5) is 25.3. The molecule has 1 aromatic rings. The Labute approximate surface area is 167 Å². The summed E-state index contributed by atoms with van der Waals surface area (Å²) in [5, 5.41) is 21.2. The fourth-order valence-electron chi connectivity index (χ4n) is 3.00. The molecule has 0 saturated carbocycles. The van der Waals surface area contributed by atoms with Crippen molar-refractivity contribution < 1.29 is 63.8 Å². The molecule has 10 nitrogen and oxygen atoms in total. The summed E-state index contributed by atoms with van der Waals surface area (Å²) in [6.45, 7) is 0.233. The predicted molar refractivity (Wildman–Crippen MR) is 80.4 cm³/mol. The van der Waals surface area contributed by atoms with Gasteiger partial charge >= 0.3 is 45.9 Å². The molecule has 2 aliphatic rings. The van der Waals surface area contributed by atoms with Gasteiger partial charge in [-0.3, -0.25) is 9.35 Å². The van der Waals surface area contributed by atoms with Gasteiger partial charge in [0.1, 0.15) is 6.04 Å². The molecular weight excluding hydrogens is 365 g/mol. The third-order valence-electron chi connectivity index (χ3n) is 4.13. The van der Waals surface area contributed by atoms with E-state index in [1.54, 1.807) is 0 Å². The van der Waals surface area contributed by atoms with Gasteiger partial charge in [0.2, 0.25) is 0 Å². The number of rotatable bonds is 3. The van der Waals surface area contributed by atoms with Crippen LogP contribution in [-0.2, 0) is 21.6 Å². The number of nitrogens with zero attached hydrogens (tertiary/aromatic N) is 2. The number of β-lactam (4-membered cyclic amide) rings is 1. The van der Waals surface area contributed by atoms with E-state index in [9.17, 15) is 28.2 Å². The summed E-state index contributed by atoms with van der Waals surface area (Å²) >= 11 is 0. The van der Waals surface area contributed by atoms with Crippen LogP contribution in [0.25, 0.3) is 0 Å². The molecule has 132 valence electrons. The molecule has 3 amide bonds. The summed E-state index contributed by atoms with van der Waals surface area (Å²) in [5.41, 5.74) is 0.536. The number of hydrogen-bond donors (Lipinski definition) is 4. The third kappa shape index (κ3) is 3.55. The zero-order valence-corrected chi connectivity index (χ0v) is 16.1. The number of benzene rings is 1. The SMILES string of the molecule is O=C(NCc1ccc(O)c(O)c1)N1CC[C@@H]2[C@H]1C(=O)N2S(=O)(=O)O.[H-].[Na+]. The van der Waals surface area contributed by atoms with Crippen molar-refractivity contribution in [1.29, 1.82) is 0 Å². The minimum atomic E-state index is -4.61. The summed E-state index contributed by atoms with van der Waals surface area (Å²) in [5.74, 6) is -1.43. The average Bonchev–Trinajstić information content (AvgIpc) is 2.85. The van der Waals surface area contributed by atoms with Crippen LogP contribution < -0.4 is 34.9 Å². The third-order valence-corrected chi connectivity index (χ3v) is 5.08. The zero-order valence-electron chi connectivity index (χ0n) is 14.3. The van der Waals surface area contributed by atoms with Gasteiger partial charge in [-0.05, 0) is 24.1 Å². The number of carbonyl (C=O) groups excluding carboxylic acids is 2. The van der Waals surface area contributed by atoms with Crippen LogP contribution in [0, 0.1) is 0 Å². The molecule has 0 bridgehead atoms. The first-order valence-corrected chi connectivity index (χ1v) is 8.46. The molecule has 12 heteroatoms.